The van der Waals surface area contributed by atoms with Crippen LogP contribution in [-0.2, 0) is 16.4 Å². The highest BCUT2D eigenvalue weighted by Gasteiger charge is 2.39. The van der Waals surface area contributed by atoms with Gasteiger partial charge in [-0.3, -0.25) is 0 Å². The highest BCUT2D eigenvalue weighted by atomic mass is 32.2. The van der Waals surface area contributed by atoms with Gasteiger partial charge in [0.15, 0.2) is 5.11 Å². The molecule has 1 aromatic carbocycles. The fraction of sp³-hybridized carbons (Fsp3) is 0.562. The summed E-state index contributed by atoms with van der Waals surface area (Å²) in [6, 6.07) is 7.19. The monoisotopic (exact) mass is 353 g/mol. The minimum absolute atomic E-state index is 0.141. The Morgan fingerprint density at radius 1 is 1.22 bits per heavy atom. The largest absolute Gasteiger partial charge is 0.362 e. The topological polar surface area (TPSA) is 84.2 Å². The lowest BCUT2D eigenvalue weighted by atomic mass is 9.96. The van der Waals surface area contributed by atoms with E-state index in [1.54, 1.807) is 12.1 Å². The number of rotatable bonds is 5. The van der Waals surface area contributed by atoms with E-state index in [4.69, 9.17) is 17.4 Å². The molecule has 2 aliphatic carbocycles. The number of thiocarbonyl (C=S) groups is 1. The van der Waals surface area contributed by atoms with Crippen LogP contribution in [-0.4, -0.2) is 26.1 Å². The van der Waals surface area contributed by atoms with Gasteiger partial charge in [-0.05, 0) is 67.4 Å². The highest BCUT2D eigenvalue weighted by Crippen LogP contribution is 2.44. The number of hydrogen-bond donors (Lipinski definition) is 3. The van der Waals surface area contributed by atoms with E-state index in [2.05, 4.69) is 10.6 Å². The van der Waals surface area contributed by atoms with Gasteiger partial charge >= 0.3 is 0 Å². The maximum Gasteiger partial charge on any atom is 0.238 e. The molecule has 126 valence electrons. The molecule has 2 saturated carbocycles. The Bertz CT molecular complexity index is 673. The van der Waals surface area contributed by atoms with Gasteiger partial charge in [-0.25, -0.2) is 13.6 Å². The van der Waals surface area contributed by atoms with Crippen molar-refractivity contribution in [1.82, 2.24) is 10.6 Å². The number of hydrogen-bond acceptors (Lipinski definition) is 3. The van der Waals surface area contributed by atoms with Crippen molar-refractivity contribution in [2.45, 2.75) is 43.0 Å². The molecule has 1 aromatic rings. The van der Waals surface area contributed by atoms with Crippen molar-refractivity contribution in [3.8, 4) is 0 Å². The highest BCUT2D eigenvalue weighted by molar-refractivity contribution is 7.89. The Balaban J connectivity index is 1.41. The van der Waals surface area contributed by atoms with Gasteiger partial charge in [0.1, 0.15) is 0 Å². The van der Waals surface area contributed by atoms with Gasteiger partial charge in [-0.2, -0.15) is 0 Å². The van der Waals surface area contributed by atoms with Crippen LogP contribution in [0.4, 0.5) is 0 Å². The molecule has 0 amide bonds. The second-order valence-corrected chi connectivity index (χ2v) is 8.59. The summed E-state index contributed by atoms with van der Waals surface area (Å²) in [5.41, 5.74) is 1.05. The lowest BCUT2D eigenvalue weighted by Gasteiger charge is -2.24. The van der Waals surface area contributed by atoms with Crippen LogP contribution in [0.2, 0.25) is 0 Å². The first-order valence-electron chi connectivity index (χ1n) is 8.08. The normalized spacial score (nSPS) is 26.2. The van der Waals surface area contributed by atoms with E-state index in [0.29, 0.717) is 6.04 Å². The summed E-state index contributed by atoms with van der Waals surface area (Å²) >= 11 is 5.37. The minimum Gasteiger partial charge on any atom is -0.362 e. The van der Waals surface area contributed by atoms with Gasteiger partial charge in [0, 0.05) is 12.6 Å². The van der Waals surface area contributed by atoms with Crippen LogP contribution in [0.3, 0.4) is 0 Å². The molecule has 4 N–H and O–H groups in total. The van der Waals surface area contributed by atoms with Gasteiger partial charge in [-0.15, -0.1) is 0 Å². The smallest absolute Gasteiger partial charge is 0.238 e. The molecule has 2 aliphatic rings. The van der Waals surface area contributed by atoms with Crippen molar-refractivity contribution in [3.05, 3.63) is 29.8 Å². The van der Waals surface area contributed by atoms with E-state index >= 15 is 0 Å². The van der Waals surface area contributed by atoms with Gasteiger partial charge in [-0.1, -0.05) is 18.6 Å². The van der Waals surface area contributed by atoms with Gasteiger partial charge in [0.05, 0.1) is 4.90 Å². The molecule has 0 radical (unpaired) electrons. The predicted molar refractivity (Wildman–Crippen MR) is 94.5 cm³/mol. The standard InChI is InChI=1S/C16H23N3O2S2/c17-23(20,21)14-5-2-11(3-6-14)7-8-18-16(22)19-15-10-12-1-4-13(15)9-12/h2-3,5-6,12-13,15H,1,4,7-10H2,(H2,17,20,21)(H2,18,19,22)/t12-,13+,15-/m0/s1. The Morgan fingerprint density at radius 3 is 2.52 bits per heavy atom. The second-order valence-electron chi connectivity index (χ2n) is 6.62. The molecule has 5 nitrogen and oxygen atoms in total. The van der Waals surface area contributed by atoms with Crippen LogP contribution in [0.15, 0.2) is 29.2 Å². The number of fused-ring (bicyclic) bond motifs is 2. The van der Waals surface area contributed by atoms with Crippen molar-refractivity contribution < 1.29 is 8.42 Å². The van der Waals surface area contributed by atoms with Gasteiger partial charge in [0.2, 0.25) is 10.0 Å². The Labute approximate surface area is 143 Å². The minimum atomic E-state index is -3.62. The predicted octanol–water partition coefficient (Wildman–Crippen LogP) is 1.53. The van der Waals surface area contributed by atoms with E-state index in [1.165, 1.54) is 37.8 Å². The van der Waals surface area contributed by atoms with Gasteiger partial charge in [0.25, 0.3) is 0 Å². The first kappa shape index (κ1) is 16.7. The number of benzene rings is 1. The van der Waals surface area contributed by atoms with Gasteiger partial charge < -0.3 is 10.6 Å². The molecular formula is C16H23N3O2S2. The molecule has 0 saturated heterocycles. The maximum absolute atomic E-state index is 11.2. The van der Waals surface area contributed by atoms with E-state index in [0.717, 1.165) is 35.5 Å². The zero-order valence-electron chi connectivity index (χ0n) is 13.0. The third-order valence-corrected chi connectivity index (χ3v) is 6.20. The molecule has 0 spiro atoms. The third-order valence-electron chi connectivity index (χ3n) is 5.01. The average Bonchev–Trinajstić information content (AvgIpc) is 3.09. The average molecular weight is 354 g/mol. The molecule has 0 aliphatic heterocycles. The first-order chi connectivity index (χ1) is 10.9. The maximum atomic E-state index is 11.2. The quantitative estimate of drug-likeness (QED) is 0.699. The molecule has 3 rings (SSSR count). The van der Waals surface area contributed by atoms with E-state index in [-0.39, 0.29) is 4.90 Å². The molecule has 2 fully saturated rings. The summed E-state index contributed by atoms with van der Waals surface area (Å²) in [5, 5.41) is 12.5. The summed E-state index contributed by atoms with van der Waals surface area (Å²) in [6.45, 7) is 0.724. The molecule has 0 unspecified atom stereocenters. The Morgan fingerprint density at radius 2 is 1.96 bits per heavy atom. The summed E-state index contributed by atoms with van der Waals surface area (Å²) in [5.74, 6) is 1.70. The van der Waals surface area contributed by atoms with Crippen molar-refractivity contribution in [2.75, 3.05) is 6.54 Å². The number of sulfonamides is 1. The first-order valence-corrected chi connectivity index (χ1v) is 10.0. The van der Waals surface area contributed by atoms with Crippen LogP contribution >= 0.6 is 12.2 Å². The number of nitrogens with one attached hydrogen (secondary N) is 2. The Kier molecular flexibility index (Phi) is 4.89. The number of primary sulfonamides is 1. The Hall–Kier alpha value is -1.18. The van der Waals surface area contributed by atoms with Crippen LogP contribution in [0, 0.1) is 11.8 Å². The molecule has 3 atom stereocenters. The van der Waals surface area contributed by atoms with Crippen LogP contribution < -0.4 is 15.8 Å². The van der Waals surface area contributed by atoms with E-state index < -0.39 is 10.0 Å². The molecule has 0 aromatic heterocycles. The molecular weight excluding hydrogens is 330 g/mol. The van der Waals surface area contributed by atoms with E-state index in [1.807, 2.05) is 0 Å². The van der Waals surface area contributed by atoms with Crippen LogP contribution in [0.1, 0.15) is 31.2 Å². The third kappa shape index (κ3) is 4.22. The summed E-state index contributed by atoms with van der Waals surface area (Å²) in [6.07, 6.45) is 6.11. The summed E-state index contributed by atoms with van der Waals surface area (Å²) in [4.78, 5) is 0.141. The fourth-order valence-corrected chi connectivity index (χ4v) is 4.58. The zero-order valence-corrected chi connectivity index (χ0v) is 14.6. The fourth-order valence-electron chi connectivity index (χ4n) is 3.81. The summed E-state index contributed by atoms with van der Waals surface area (Å²) in [7, 11) is -3.62. The van der Waals surface area contributed by atoms with Crippen molar-refractivity contribution in [2.24, 2.45) is 17.0 Å². The van der Waals surface area contributed by atoms with Crippen LogP contribution in [0.5, 0.6) is 0 Å². The molecule has 0 heterocycles. The van der Waals surface area contributed by atoms with Crippen molar-refractivity contribution in [1.29, 1.82) is 0 Å². The molecule has 23 heavy (non-hydrogen) atoms. The number of nitrogens with two attached hydrogens (primary N) is 1. The lowest BCUT2D eigenvalue weighted by molar-refractivity contribution is 0.389. The second kappa shape index (κ2) is 6.75. The van der Waals surface area contributed by atoms with Crippen molar-refractivity contribution in [3.63, 3.8) is 0 Å². The summed E-state index contributed by atoms with van der Waals surface area (Å²) < 4.78 is 22.4. The zero-order chi connectivity index (χ0) is 16.4. The van der Waals surface area contributed by atoms with Crippen LogP contribution in [0.25, 0.3) is 0 Å². The lowest BCUT2D eigenvalue weighted by Crippen LogP contribution is -2.44. The van der Waals surface area contributed by atoms with Crippen molar-refractivity contribution >= 4 is 27.4 Å². The molecule has 7 heteroatoms. The van der Waals surface area contributed by atoms with E-state index in [9.17, 15) is 8.42 Å². The molecule has 2 bridgehead atoms. The SMILES string of the molecule is NS(=O)(=O)c1ccc(CCNC(=S)N[C@H]2C[C@H]3CC[C@@H]2C3)cc1.